The van der Waals surface area contributed by atoms with Gasteiger partial charge in [-0.15, -0.1) is 0 Å². The second-order valence-corrected chi connectivity index (χ2v) is 4.66. The van der Waals surface area contributed by atoms with Gasteiger partial charge in [0.05, 0.1) is 0 Å². The van der Waals surface area contributed by atoms with Crippen molar-refractivity contribution in [3.05, 3.63) is 0 Å². The highest BCUT2D eigenvalue weighted by Gasteiger charge is 2.25. The van der Waals surface area contributed by atoms with Crippen LogP contribution in [0.5, 0.6) is 0 Å². The first kappa shape index (κ1) is 13.5. The van der Waals surface area contributed by atoms with Gasteiger partial charge in [-0.25, -0.2) is 0 Å². The molecule has 0 saturated heterocycles. The summed E-state index contributed by atoms with van der Waals surface area (Å²) >= 11 is 0. The van der Waals surface area contributed by atoms with E-state index in [4.69, 9.17) is 5.73 Å². The largest absolute Gasteiger partial charge is 0.355 e. The Hall–Kier alpha value is -0.610. The van der Waals surface area contributed by atoms with Crippen LogP contribution in [0.2, 0.25) is 0 Å². The average molecular weight is 227 g/mol. The third-order valence-corrected chi connectivity index (χ3v) is 3.22. The van der Waals surface area contributed by atoms with Crippen LogP contribution in [0.25, 0.3) is 0 Å². The number of rotatable bonds is 7. The zero-order valence-electron chi connectivity index (χ0n) is 10.3. The lowest BCUT2D eigenvalue weighted by Gasteiger charge is -2.14. The second-order valence-electron chi connectivity index (χ2n) is 4.66. The molecule has 0 heterocycles. The summed E-state index contributed by atoms with van der Waals surface area (Å²) in [5, 5.41) is 6.19. The summed E-state index contributed by atoms with van der Waals surface area (Å²) in [7, 11) is 0. The molecule has 0 bridgehead atoms. The maximum atomic E-state index is 11.6. The van der Waals surface area contributed by atoms with E-state index in [9.17, 15) is 4.79 Å². The zero-order chi connectivity index (χ0) is 11.8. The van der Waals surface area contributed by atoms with Gasteiger partial charge in [0.25, 0.3) is 0 Å². The van der Waals surface area contributed by atoms with Gasteiger partial charge in [-0.05, 0) is 31.7 Å². The summed E-state index contributed by atoms with van der Waals surface area (Å²) in [6, 6.07) is 0.240. The van der Waals surface area contributed by atoms with Gasteiger partial charge in [-0.3, -0.25) is 4.79 Å². The molecule has 94 valence electrons. The molecule has 1 rings (SSSR count). The van der Waals surface area contributed by atoms with Crippen LogP contribution < -0.4 is 16.4 Å². The van der Waals surface area contributed by atoms with Crippen LogP contribution in [0, 0.1) is 5.92 Å². The molecular formula is C12H25N3O. The number of amides is 1. The minimum atomic E-state index is 0.153. The minimum absolute atomic E-state index is 0.153. The van der Waals surface area contributed by atoms with E-state index in [0.717, 1.165) is 38.9 Å². The van der Waals surface area contributed by atoms with Crippen molar-refractivity contribution < 1.29 is 4.79 Å². The summed E-state index contributed by atoms with van der Waals surface area (Å²) in [6.45, 7) is 4.73. The Kier molecular flexibility index (Phi) is 6.42. The van der Waals surface area contributed by atoms with E-state index in [1.807, 2.05) is 0 Å². The molecule has 1 amide bonds. The number of nitrogens with one attached hydrogen (secondary N) is 2. The molecule has 2 atom stereocenters. The maximum Gasteiger partial charge on any atom is 0.220 e. The van der Waals surface area contributed by atoms with Crippen LogP contribution >= 0.6 is 0 Å². The Balaban J connectivity index is 2.02. The minimum Gasteiger partial charge on any atom is -0.355 e. The summed E-state index contributed by atoms with van der Waals surface area (Å²) in [4.78, 5) is 11.6. The lowest BCUT2D eigenvalue weighted by atomic mass is 10.00. The smallest absolute Gasteiger partial charge is 0.220 e. The Labute approximate surface area is 98.3 Å². The van der Waals surface area contributed by atoms with Gasteiger partial charge in [0.1, 0.15) is 0 Å². The molecule has 0 aromatic heterocycles. The highest BCUT2D eigenvalue weighted by molar-refractivity contribution is 5.76. The lowest BCUT2D eigenvalue weighted by molar-refractivity contribution is -0.122. The van der Waals surface area contributed by atoms with Crippen LogP contribution in [-0.4, -0.2) is 31.6 Å². The second kappa shape index (κ2) is 7.63. The molecule has 0 aromatic carbocycles. The van der Waals surface area contributed by atoms with Gasteiger partial charge in [0.2, 0.25) is 5.91 Å². The standard InChI is InChI=1S/C12H25N3O/c1-2-6-14-7-8-15-12(16)9-10-4-3-5-11(10)13/h10-11,14H,2-9,13H2,1H3,(H,15,16)/t10-,11+/m0/s1. The topological polar surface area (TPSA) is 67.1 Å². The molecule has 0 spiro atoms. The SMILES string of the molecule is CCCNCCNC(=O)C[C@@H]1CCC[C@H]1N. The highest BCUT2D eigenvalue weighted by atomic mass is 16.1. The number of carbonyl (C=O) groups excluding carboxylic acids is 1. The Morgan fingerprint density at radius 3 is 2.75 bits per heavy atom. The fraction of sp³-hybridized carbons (Fsp3) is 0.917. The lowest BCUT2D eigenvalue weighted by Crippen LogP contribution is -2.35. The Morgan fingerprint density at radius 1 is 1.31 bits per heavy atom. The monoisotopic (exact) mass is 227 g/mol. The fourth-order valence-corrected chi connectivity index (χ4v) is 2.22. The number of carbonyl (C=O) groups is 1. The van der Waals surface area contributed by atoms with E-state index in [0.29, 0.717) is 12.3 Å². The summed E-state index contributed by atoms with van der Waals surface area (Å²) < 4.78 is 0. The molecule has 1 fully saturated rings. The summed E-state index contributed by atoms with van der Waals surface area (Å²) in [5.41, 5.74) is 5.93. The number of hydrogen-bond donors (Lipinski definition) is 3. The van der Waals surface area contributed by atoms with Crippen molar-refractivity contribution in [2.45, 2.75) is 45.1 Å². The van der Waals surface area contributed by atoms with Crippen LogP contribution in [-0.2, 0) is 4.79 Å². The zero-order valence-corrected chi connectivity index (χ0v) is 10.3. The third-order valence-electron chi connectivity index (χ3n) is 3.22. The van der Waals surface area contributed by atoms with E-state index in [1.165, 1.54) is 6.42 Å². The molecule has 0 aromatic rings. The molecule has 4 nitrogen and oxygen atoms in total. The van der Waals surface area contributed by atoms with E-state index in [1.54, 1.807) is 0 Å². The normalized spacial score (nSPS) is 24.6. The third kappa shape index (κ3) is 4.94. The summed E-state index contributed by atoms with van der Waals surface area (Å²) in [6.07, 6.45) is 5.11. The molecular weight excluding hydrogens is 202 g/mol. The van der Waals surface area contributed by atoms with Gasteiger partial charge in [0.15, 0.2) is 0 Å². The predicted molar refractivity (Wildman–Crippen MR) is 66.1 cm³/mol. The van der Waals surface area contributed by atoms with Crippen molar-refractivity contribution in [1.82, 2.24) is 10.6 Å². The predicted octanol–water partition coefficient (Wildman–Crippen LogP) is 0.620. The van der Waals surface area contributed by atoms with E-state index < -0.39 is 0 Å². The van der Waals surface area contributed by atoms with E-state index in [-0.39, 0.29) is 11.9 Å². The van der Waals surface area contributed by atoms with Gasteiger partial charge in [0, 0.05) is 25.6 Å². The first-order chi connectivity index (χ1) is 7.74. The van der Waals surface area contributed by atoms with Gasteiger partial charge < -0.3 is 16.4 Å². The molecule has 0 unspecified atom stereocenters. The molecule has 1 aliphatic carbocycles. The van der Waals surface area contributed by atoms with Crippen LogP contribution in [0.3, 0.4) is 0 Å². The number of nitrogens with two attached hydrogens (primary N) is 1. The maximum absolute atomic E-state index is 11.6. The fourth-order valence-electron chi connectivity index (χ4n) is 2.22. The number of hydrogen-bond acceptors (Lipinski definition) is 3. The average Bonchev–Trinajstić information content (AvgIpc) is 2.64. The van der Waals surface area contributed by atoms with Crippen molar-refractivity contribution in [2.24, 2.45) is 11.7 Å². The van der Waals surface area contributed by atoms with Crippen LogP contribution in [0.1, 0.15) is 39.0 Å². The molecule has 0 radical (unpaired) electrons. The molecule has 0 aliphatic heterocycles. The van der Waals surface area contributed by atoms with Crippen LogP contribution in [0.4, 0.5) is 0 Å². The quantitative estimate of drug-likeness (QED) is 0.559. The molecule has 1 aliphatic rings. The van der Waals surface area contributed by atoms with Gasteiger partial charge in [-0.1, -0.05) is 13.3 Å². The van der Waals surface area contributed by atoms with Crippen molar-refractivity contribution in [3.63, 3.8) is 0 Å². The van der Waals surface area contributed by atoms with Crippen LogP contribution in [0.15, 0.2) is 0 Å². The molecule has 16 heavy (non-hydrogen) atoms. The van der Waals surface area contributed by atoms with Gasteiger partial charge in [-0.2, -0.15) is 0 Å². The summed E-state index contributed by atoms with van der Waals surface area (Å²) in [5.74, 6) is 0.559. The van der Waals surface area contributed by atoms with Gasteiger partial charge >= 0.3 is 0 Å². The molecule has 1 saturated carbocycles. The highest BCUT2D eigenvalue weighted by Crippen LogP contribution is 2.26. The van der Waals surface area contributed by atoms with Crippen molar-refractivity contribution >= 4 is 5.91 Å². The van der Waals surface area contributed by atoms with E-state index >= 15 is 0 Å². The Bertz CT molecular complexity index is 208. The molecule has 4 heteroatoms. The van der Waals surface area contributed by atoms with E-state index in [2.05, 4.69) is 17.6 Å². The Morgan fingerprint density at radius 2 is 2.12 bits per heavy atom. The van der Waals surface area contributed by atoms with Crippen molar-refractivity contribution in [1.29, 1.82) is 0 Å². The van der Waals surface area contributed by atoms with Crippen molar-refractivity contribution in [2.75, 3.05) is 19.6 Å². The molecule has 4 N–H and O–H groups in total. The first-order valence-electron chi connectivity index (χ1n) is 6.47. The first-order valence-corrected chi connectivity index (χ1v) is 6.47. The van der Waals surface area contributed by atoms with Crippen molar-refractivity contribution in [3.8, 4) is 0 Å².